The van der Waals surface area contributed by atoms with Crippen molar-refractivity contribution in [3.63, 3.8) is 0 Å². The normalized spacial score (nSPS) is 11.9. The summed E-state index contributed by atoms with van der Waals surface area (Å²) >= 11 is 0. The molecule has 1 atom stereocenters. The number of nitrogens with one attached hydrogen (secondary N) is 1. The van der Waals surface area contributed by atoms with E-state index in [2.05, 4.69) is 4.98 Å². The molecule has 0 aliphatic heterocycles. The van der Waals surface area contributed by atoms with Gasteiger partial charge in [0.2, 0.25) is 0 Å². The molecule has 0 saturated heterocycles. The van der Waals surface area contributed by atoms with Gasteiger partial charge in [0.15, 0.2) is 0 Å². The van der Waals surface area contributed by atoms with Crippen LogP contribution in [0.4, 0.5) is 0 Å². The van der Waals surface area contributed by atoms with Gasteiger partial charge in [-0.05, 0) is 13.8 Å². The molecule has 7 nitrogen and oxygen atoms in total. The van der Waals surface area contributed by atoms with Gasteiger partial charge in [0.25, 0.3) is 5.56 Å². The zero-order chi connectivity index (χ0) is 15.0. The summed E-state index contributed by atoms with van der Waals surface area (Å²) in [6, 6.07) is 0. The van der Waals surface area contributed by atoms with Crippen LogP contribution in [0.2, 0.25) is 0 Å². The van der Waals surface area contributed by atoms with E-state index in [9.17, 15) is 9.59 Å². The molecule has 1 heterocycles. The van der Waals surface area contributed by atoms with E-state index in [0.29, 0.717) is 5.56 Å². The molecule has 110 valence electrons. The average Bonchev–Trinajstić information content (AvgIpc) is 2.42. The van der Waals surface area contributed by atoms with Crippen molar-refractivity contribution in [2.75, 3.05) is 13.2 Å². The standard InChI is InChI=1S/C10H16N2O5.C2H6/c1-6-3-12(10(16)11-9(6)15)7(2)17-8(4-13)5-14;1-2/h3,7-8,13-14H,4-5H2,1-2H3,(H,11,15,16);1-2H3. The SMILES string of the molecule is CC.Cc1cn(C(C)OC(CO)CO)c(=O)[nH]c1=O. The fourth-order valence-corrected chi connectivity index (χ4v) is 1.34. The molecule has 0 bridgehead atoms. The second-order valence-electron chi connectivity index (χ2n) is 3.70. The highest BCUT2D eigenvalue weighted by atomic mass is 16.5. The molecule has 0 fully saturated rings. The Balaban J connectivity index is 0.00000154. The number of hydrogen-bond donors (Lipinski definition) is 3. The molecule has 0 aliphatic carbocycles. The Bertz CT molecular complexity index is 476. The lowest BCUT2D eigenvalue weighted by Crippen LogP contribution is -2.35. The predicted octanol–water partition coefficient (Wildman–Crippen LogP) is -0.240. The Morgan fingerprint density at radius 3 is 2.32 bits per heavy atom. The van der Waals surface area contributed by atoms with Crippen molar-refractivity contribution in [2.24, 2.45) is 0 Å². The minimum atomic E-state index is -0.760. The Morgan fingerprint density at radius 1 is 1.32 bits per heavy atom. The van der Waals surface area contributed by atoms with Crippen LogP contribution in [-0.4, -0.2) is 39.1 Å². The first-order valence-electron chi connectivity index (χ1n) is 6.18. The number of aromatic amines is 1. The van der Waals surface area contributed by atoms with Crippen molar-refractivity contribution < 1.29 is 14.9 Å². The lowest BCUT2D eigenvalue weighted by atomic mass is 10.3. The highest BCUT2D eigenvalue weighted by molar-refractivity contribution is 5.01. The number of aliphatic hydroxyl groups excluding tert-OH is 2. The number of hydrogen-bond acceptors (Lipinski definition) is 5. The molecule has 3 N–H and O–H groups in total. The Labute approximate surface area is 111 Å². The summed E-state index contributed by atoms with van der Waals surface area (Å²) in [5.41, 5.74) is -0.661. The number of aromatic nitrogens is 2. The molecule has 0 spiro atoms. The number of H-pyrrole nitrogens is 1. The van der Waals surface area contributed by atoms with Gasteiger partial charge in [0.1, 0.15) is 12.3 Å². The lowest BCUT2D eigenvalue weighted by molar-refractivity contribution is -0.0871. The van der Waals surface area contributed by atoms with Gasteiger partial charge in [-0.15, -0.1) is 0 Å². The number of ether oxygens (including phenoxy) is 1. The third-order valence-corrected chi connectivity index (χ3v) is 2.33. The molecule has 0 aromatic carbocycles. The zero-order valence-corrected chi connectivity index (χ0v) is 11.7. The second kappa shape index (κ2) is 8.63. The summed E-state index contributed by atoms with van der Waals surface area (Å²) in [7, 11) is 0. The quantitative estimate of drug-likeness (QED) is 0.687. The first-order valence-corrected chi connectivity index (χ1v) is 6.18. The maximum absolute atomic E-state index is 11.5. The van der Waals surface area contributed by atoms with Crippen LogP contribution in [0, 0.1) is 6.92 Å². The monoisotopic (exact) mass is 274 g/mol. The maximum Gasteiger partial charge on any atom is 0.330 e. The van der Waals surface area contributed by atoms with Gasteiger partial charge < -0.3 is 14.9 Å². The molecular weight excluding hydrogens is 252 g/mol. The van der Waals surface area contributed by atoms with E-state index in [0.717, 1.165) is 0 Å². The minimum absolute atomic E-state index is 0.349. The molecule has 19 heavy (non-hydrogen) atoms. The summed E-state index contributed by atoms with van der Waals surface area (Å²) in [4.78, 5) is 24.8. The first kappa shape index (κ1) is 17.6. The first-order chi connectivity index (χ1) is 8.99. The van der Waals surface area contributed by atoms with E-state index in [4.69, 9.17) is 14.9 Å². The summed E-state index contributed by atoms with van der Waals surface area (Å²) in [5.74, 6) is 0. The van der Waals surface area contributed by atoms with Crippen LogP contribution in [0.3, 0.4) is 0 Å². The second-order valence-corrected chi connectivity index (χ2v) is 3.70. The van der Waals surface area contributed by atoms with E-state index in [-0.39, 0.29) is 13.2 Å². The summed E-state index contributed by atoms with van der Waals surface area (Å²) in [5, 5.41) is 17.7. The largest absolute Gasteiger partial charge is 0.394 e. The molecule has 1 aromatic heterocycles. The Kier molecular flexibility index (Phi) is 7.97. The van der Waals surface area contributed by atoms with Gasteiger partial charge in [0, 0.05) is 11.8 Å². The molecule has 0 aliphatic rings. The number of aryl methyl sites for hydroxylation is 1. The van der Waals surface area contributed by atoms with Crippen LogP contribution in [0.5, 0.6) is 0 Å². The number of nitrogens with zero attached hydrogens (tertiary/aromatic N) is 1. The lowest BCUT2D eigenvalue weighted by Gasteiger charge is -2.20. The van der Waals surface area contributed by atoms with Gasteiger partial charge in [-0.25, -0.2) is 4.79 Å². The maximum atomic E-state index is 11.5. The van der Waals surface area contributed by atoms with Crippen LogP contribution in [0.25, 0.3) is 0 Å². The van der Waals surface area contributed by atoms with E-state index in [1.165, 1.54) is 10.8 Å². The van der Waals surface area contributed by atoms with Gasteiger partial charge in [-0.3, -0.25) is 14.3 Å². The van der Waals surface area contributed by atoms with Crippen molar-refractivity contribution >= 4 is 0 Å². The Morgan fingerprint density at radius 2 is 1.84 bits per heavy atom. The molecule has 7 heteroatoms. The van der Waals surface area contributed by atoms with Crippen molar-refractivity contribution in [1.82, 2.24) is 9.55 Å². The van der Waals surface area contributed by atoms with Gasteiger partial charge >= 0.3 is 5.69 Å². The summed E-state index contributed by atoms with van der Waals surface area (Å²) in [6.07, 6.45) is -0.0797. The number of rotatable bonds is 5. The van der Waals surface area contributed by atoms with E-state index < -0.39 is 23.6 Å². The molecule has 1 aromatic rings. The Hall–Kier alpha value is -1.44. The molecule has 0 radical (unpaired) electrons. The van der Waals surface area contributed by atoms with E-state index in [1.54, 1.807) is 13.8 Å². The zero-order valence-electron chi connectivity index (χ0n) is 11.7. The van der Waals surface area contributed by atoms with Crippen LogP contribution in [0.15, 0.2) is 15.8 Å². The van der Waals surface area contributed by atoms with Crippen molar-refractivity contribution in [2.45, 2.75) is 40.0 Å². The molecule has 1 rings (SSSR count). The molecule has 1 unspecified atom stereocenters. The van der Waals surface area contributed by atoms with Crippen molar-refractivity contribution in [1.29, 1.82) is 0 Å². The number of aliphatic hydroxyl groups is 2. The average molecular weight is 274 g/mol. The fourth-order valence-electron chi connectivity index (χ4n) is 1.34. The molecular formula is C12H22N2O5. The van der Waals surface area contributed by atoms with E-state index >= 15 is 0 Å². The van der Waals surface area contributed by atoms with Gasteiger partial charge in [-0.1, -0.05) is 13.8 Å². The van der Waals surface area contributed by atoms with Crippen molar-refractivity contribution in [3.05, 3.63) is 32.6 Å². The summed E-state index contributed by atoms with van der Waals surface area (Å²) in [6.45, 7) is 6.45. The third-order valence-electron chi connectivity index (χ3n) is 2.33. The highest BCUT2D eigenvalue weighted by Gasteiger charge is 2.14. The van der Waals surface area contributed by atoms with Crippen LogP contribution in [-0.2, 0) is 4.74 Å². The smallest absolute Gasteiger partial charge is 0.330 e. The molecule has 0 amide bonds. The van der Waals surface area contributed by atoms with Gasteiger partial charge in [0.05, 0.1) is 13.2 Å². The minimum Gasteiger partial charge on any atom is -0.394 e. The highest BCUT2D eigenvalue weighted by Crippen LogP contribution is 2.07. The summed E-state index contributed by atoms with van der Waals surface area (Å²) < 4.78 is 6.44. The van der Waals surface area contributed by atoms with Crippen LogP contribution >= 0.6 is 0 Å². The molecule has 0 saturated carbocycles. The third kappa shape index (κ3) is 4.98. The van der Waals surface area contributed by atoms with Crippen LogP contribution in [0.1, 0.15) is 32.6 Å². The van der Waals surface area contributed by atoms with E-state index in [1.807, 2.05) is 13.8 Å². The fraction of sp³-hybridized carbons (Fsp3) is 0.667. The predicted molar refractivity (Wildman–Crippen MR) is 71.2 cm³/mol. The van der Waals surface area contributed by atoms with Crippen LogP contribution < -0.4 is 11.2 Å². The topological polar surface area (TPSA) is 105 Å². The van der Waals surface area contributed by atoms with Crippen molar-refractivity contribution in [3.8, 4) is 0 Å². The van der Waals surface area contributed by atoms with Gasteiger partial charge in [-0.2, -0.15) is 0 Å².